The van der Waals surface area contributed by atoms with Crippen LogP contribution in [0.2, 0.25) is 0 Å². The van der Waals surface area contributed by atoms with E-state index in [1.165, 1.54) is 99.3 Å². The molecule has 0 amide bonds. The van der Waals surface area contributed by atoms with Gasteiger partial charge in [0.15, 0.2) is 0 Å². The predicted octanol–water partition coefficient (Wildman–Crippen LogP) is 17.1. The quantitative estimate of drug-likeness (QED) is 0.167. The first-order valence-corrected chi connectivity index (χ1v) is 23.3. The maximum atomic E-state index is 2.53. The highest BCUT2D eigenvalue weighted by Gasteiger charge is 2.50. The van der Waals surface area contributed by atoms with E-state index < -0.39 is 5.41 Å². The van der Waals surface area contributed by atoms with Crippen LogP contribution >= 0.6 is 0 Å². The molecule has 1 aromatic heterocycles. The standard InChI is InChI=1S/C65H42N2/c1-3-17-43(18-4-1)44-31-34-47(35-32-44)66(48-37-40-63-57(41-48)55-26-13-16-30-62(55)67(63)46-20-5-2-6-21-46)49-36-38-54-52-24-10-9-23-51(52)53-25-11-14-28-58(53)65(61(54)42-49)59-29-15-12-27-56(59)64-50-22-8-7-19-45(50)33-39-60(64)65/h1-42H. The molecule has 12 aromatic rings. The molecule has 2 heteroatoms. The van der Waals surface area contributed by atoms with Crippen molar-refractivity contribution in [1.82, 2.24) is 4.57 Å². The summed E-state index contributed by atoms with van der Waals surface area (Å²) in [5.74, 6) is 0. The van der Waals surface area contributed by atoms with E-state index in [4.69, 9.17) is 0 Å². The minimum atomic E-state index is -0.632. The number of fused-ring (bicyclic) bond motifs is 17. The van der Waals surface area contributed by atoms with Gasteiger partial charge in [-0.15, -0.1) is 0 Å². The summed E-state index contributed by atoms with van der Waals surface area (Å²) in [6, 6.07) is 94.7. The van der Waals surface area contributed by atoms with Crippen LogP contribution in [-0.4, -0.2) is 4.57 Å². The number of rotatable bonds is 5. The van der Waals surface area contributed by atoms with Crippen molar-refractivity contribution in [2.24, 2.45) is 0 Å². The summed E-state index contributed by atoms with van der Waals surface area (Å²) in [5, 5.41) is 4.97. The molecule has 0 N–H and O–H groups in total. The molecule has 1 heterocycles. The van der Waals surface area contributed by atoms with Gasteiger partial charge in [-0.2, -0.15) is 0 Å². The SMILES string of the molecule is c1ccc(-c2ccc(N(c3ccc4c(c3)C3(c5ccccc5-c5ccccc5-4)c4ccccc4-c4c3ccc3ccccc43)c3ccc4c(c3)c3ccccc3n4-c3ccccc3)cc2)cc1. The maximum absolute atomic E-state index is 2.53. The van der Waals surface area contributed by atoms with Crippen LogP contribution in [0.4, 0.5) is 17.1 Å². The van der Waals surface area contributed by atoms with E-state index in [1.807, 2.05) is 0 Å². The van der Waals surface area contributed by atoms with Gasteiger partial charge in [-0.05, 0) is 138 Å². The van der Waals surface area contributed by atoms with E-state index >= 15 is 0 Å². The molecule has 1 unspecified atom stereocenters. The van der Waals surface area contributed by atoms with E-state index in [1.54, 1.807) is 0 Å². The van der Waals surface area contributed by atoms with Gasteiger partial charge in [0.1, 0.15) is 0 Å². The molecule has 0 radical (unpaired) electrons. The Morgan fingerprint density at radius 1 is 0.299 bits per heavy atom. The summed E-state index contributed by atoms with van der Waals surface area (Å²) < 4.78 is 2.40. The summed E-state index contributed by atoms with van der Waals surface area (Å²) in [6.45, 7) is 0. The van der Waals surface area contributed by atoms with E-state index in [-0.39, 0.29) is 0 Å². The molecule has 1 spiro atoms. The van der Waals surface area contributed by atoms with Crippen LogP contribution in [0.3, 0.4) is 0 Å². The summed E-state index contributed by atoms with van der Waals surface area (Å²) >= 11 is 0. The minimum Gasteiger partial charge on any atom is -0.310 e. The molecule has 312 valence electrons. The fourth-order valence-corrected chi connectivity index (χ4v) is 11.8. The number of hydrogen-bond donors (Lipinski definition) is 0. The van der Waals surface area contributed by atoms with Gasteiger partial charge in [-0.3, -0.25) is 0 Å². The normalized spacial score (nSPS) is 14.3. The lowest BCUT2D eigenvalue weighted by molar-refractivity contribution is 0.776. The molecule has 2 nitrogen and oxygen atoms in total. The van der Waals surface area contributed by atoms with Crippen LogP contribution < -0.4 is 4.90 Å². The highest BCUT2D eigenvalue weighted by atomic mass is 15.1. The van der Waals surface area contributed by atoms with Crippen LogP contribution in [0.25, 0.3) is 82.8 Å². The number of benzene rings is 11. The molecular formula is C65H42N2. The van der Waals surface area contributed by atoms with Gasteiger partial charge in [-0.1, -0.05) is 194 Å². The molecule has 1 atom stereocenters. The molecular weight excluding hydrogens is 809 g/mol. The van der Waals surface area contributed by atoms with Gasteiger partial charge in [0, 0.05) is 33.5 Å². The second-order valence-electron chi connectivity index (χ2n) is 18.0. The first-order valence-electron chi connectivity index (χ1n) is 23.3. The van der Waals surface area contributed by atoms with Crippen LogP contribution in [0.5, 0.6) is 0 Å². The molecule has 0 bridgehead atoms. The lowest BCUT2D eigenvalue weighted by Gasteiger charge is -2.36. The Morgan fingerprint density at radius 2 is 0.836 bits per heavy atom. The molecule has 0 fully saturated rings. The largest absolute Gasteiger partial charge is 0.310 e. The summed E-state index contributed by atoms with van der Waals surface area (Å²) in [6.07, 6.45) is 0. The third-order valence-corrected chi connectivity index (χ3v) is 14.6. The Hall–Kier alpha value is -8.72. The van der Waals surface area contributed by atoms with Gasteiger partial charge in [0.25, 0.3) is 0 Å². The first kappa shape index (κ1) is 37.6. The van der Waals surface area contributed by atoms with Crippen LogP contribution in [0, 0.1) is 0 Å². The monoisotopic (exact) mass is 850 g/mol. The zero-order valence-electron chi connectivity index (χ0n) is 36.6. The first-order chi connectivity index (χ1) is 33.3. The summed E-state index contributed by atoms with van der Waals surface area (Å²) in [4.78, 5) is 2.47. The van der Waals surface area contributed by atoms with E-state index in [9.17, 15) is 0 Å². The third kappa shape index (κ3) is 5.45. The fourth-order valence-electron chi connectivity index (χ4n) is 11.8. The summed E-state index contributed by atoms with van der Waals surface area (Å²) in [7, 11) is 0. The molecule has 14 rings (SSSR count). The van der Waals surface area contributed by atoms with E-state index in [0.717, 1.165) is 22.7 Å². The van der Waals surface area contributed by atoms with Gasteiger partial charge in [-0.25, -0.2) is 0 Å². The average molecular weight is 851 g/mol. The molecule has 2 aliphatic rings. The maximum Gasteiger partial charge on any atom is 0.0726 e. The highest BCUT2D eigenvalue weighted by molar-refractivity contribution is 6.11. The lowest BCUT2D eigenvalue weighted by atomic mass is 9.65. The zero-order chi connectivity index (χ0) is 44.1. The number of nitrogens with zero attached hydrogens (tertiary/aromatic N) is 2. The van der Waals surface area contributed by atoms with Gasteiger partial charge >= 0.3 is 0 Å². The lowest BCUT2D eigenvalue weighted by Crippen LogP contribution is -2.29. The van der Waals surface area contributed by atoms with Gasteiger partial charge in [0.2, 0.25) is 0 Å². The van der Waals surface area contributed by atoms with Crippen LogP contribution in [-0.2, 0) is 5.41 Å². The fraction of sp³-hybridized carbons (Fsp3) is 0.0154. The van der Waals surface area contributed by atoms with Gasteiger partial charge in [0.05, 0.1) is 16.4 Å². The Bertz CT molecular complexity index is 3920. The number of anilines is 3. The van der Waals surface area contributed by atoms with Crippen molar-refractivity contribution in [2.75, 3.05) is 4.90 Å². The van der Waals surface area contributed by atoms with Crippen molar-refractivity contribution in [1.29, 1.82) is 0 Å². The minimum absolute atomic E-state index is 0.632. The van der Waals surface area contributed by atoms with Crippen molar-refractivity contribution in [3.8, 4) is 50.2 Å². The Balaban J connectivity index is 1.08. The third-order valence-electron chi connectivity index (χ3n) is 14.6. The number of aromatic nitrogens is 1. The topological polar surface area (TPSA) is 8.17 Å². The number of hydrogen-bond acceptors (Lipinski definition) is 1. The molecule has 11 aromatic carbocycles. The van der Waals surface area contributed by atoms with E-state index in [0.29, 0.717) is 0 Å². The second kappa shape index (κ2) is 14.7. The van der Waals surface area contributed by atoms with Crippen molar-refractivity contribution < 1.29 is 0 Å². The Kier molecular flexibility index (Phi) is 8.23. The average Bonchev–Trinajstić information content (AvgIpc) is 3.86. The van der Waals surface area contributed by atoms with Crippen molar-refractivity contribution >= 4 is 49.6 Å². The van der Waals surface area contributed by atoms with Crippen LogP contribution in [0.15, 0.2) is 255 Å². The zero-order valence-corrected chi connectivity index (χ0v) is 36.6. The summed E-state index contributed by atoms with van der Waals surface area (Å²) in [5.41, 5.74) is 21.4. The molecule has 67 heavy (non-hydrogen) atoms. The molecule has 0 aliphatic heterocycles. The van der Waals surface area contributed by atoms with Gasteiger partial charge < -0.3 is 9.47 Å². The van der Waals surface area contributed by atoms with Crippen molar-refractivity contribution in [2.45, 2.75) is 5.41 Å². The molecule has 0 saturated carbocycles. The Morgan fingerprint density at radius 3 is 1.61 bits per heavy atom. The molecule has 0 saturated heterocycles. The van der Waals surface area contributed by atoms with Crippen LogP contribution in [0.1, 0.15) is 22.3 Å². The predicted molar refractivity (Wildman–Crippen MR) is 280 cm³/mol. The second-order valence-corrected chi connectivity index (χ2v) is 18.0. The van der Waals surface area contributed by atoms with E-state index in [2.05, 4.69) is 264 Å². The van der Waals surface area contributed by atoms with Crippen molar-refractivity contribution in [3.05, 3.63) is 277 Å². The highest BCUT2D eigenvalue weighted by Crippen LogP contribution is 2.63. The smallest absolute Gasteiger partial charge is 0.0726 e. The Labute approximate surface area is 389 Å². The molecule has 2 aliphatic carbocycles. The van der Waals surface area contributed by atoms with Crippen molar-refractivity contribution in [3.63, 3.8) is 0 Å². The number of para-hydroxylation sites is 2.